The molecule has 3 rings (SSSR count). The standard InChI is InChI=1S/C24H28N2O5/c1-3-30-24(29)19-10-8-14-26(16-19)22(27)17-25(2)23(28)18-9-7-13-21(15-18)31-20-11-5-4-6-12-20/h4-7,9,11-13,15,19H,3,8,10,14,16-17H2,1-2H3. The highest BCUT2D eigenvalue weighted by Crippen LogP contribution is 2.23. The fraction of sp³-hybridized carbons (Fsp3) is 0.375. The summed E-state index contributed by atoms with van der Waals surface area (Å²) >= 11 is 0. The number of rotatable bonds is 7. The van der Waals surface area contributed by atoms with Crippen LogP contribution in [0.1, 0.15) is 30.1 Å². The lowest BCUT2D eigenvalue weighted by atomic mass is 9.98. The van der Waals surface area contributed by atoms with Gasteiger partial charge in [0.1, 0.15) is 11.5 Å². The Hall–Kier alpha value is -3.35. The summed E-state index contributed by atoms with van der Waals surface area (Å²) in [6.45, 7) is 2.95. The smallest absolute Gasteiger partial charge is 0.310 e. The van der Waals surface area contributed by atoms with Gasteiger partial charge in [0.2, 0.25) is 5.91 Å². The molecule has 1 atom stereocenters. The Morgan fingerprint density at radius 3 is 2.55 bits per heavy atom. The number of para-hydroxylation sites is 1. The first-order valence-corrected chi connectivity index (χ1v) is 10.5. The maximum atomic E-state index is 12.9. The fourth-order valence-electron chi connectivity index (χ4n) is 3.57. The number of likely N-dealkylation sites (N-methyl/N-ethyl adjacent to an activating group) is 1. The Bertz CT molecular complexity index is 915. The Morgan fingerprint density at radius 1 is 1.06 bits per heavy atom. The van der Waals surface area contributed by atoms with E-state index in [9.17, 15) is 14.4 Å². The molecule has 31 heavy (non-hydrogen) atoms. The van der Waals surface area contributed by atoms with Gasteiger partial charge >= 0.3 is 5.97 Å². The van der Waals surface area contributed by atoms with E-state index in [0.29, 0.717) is 43.2 Å². The Labute approximate surface area is 182 Å². The second-order valence-electron chi connectivity index (χ2n) is 7.54. The van der Waals surface area contributed by atoms with Crippen LogP contribution in [0.25, 0.3) is 0 Å². The Morgan fingerprint density at radius 2 is 1.81 bits per heavy atom. The normalized spacial score (nSPS) is 15.8. The van der Waals surface area contributed by atoms with Crippen LogP contribution in [0.5, 0.6) is 11.5 Å². The summed E-state index contributed by atoms with van der Waals surface area (Å²) in [4.78, 5) is 40.6. The first-order valence-electron chi connectivity index (χ1n) is 10.5. The number of benzene rings is 2. The topological polar surface area (TPSA) is 76.2 Å². The summed E-state index contributed by atoms with van der Waals surface area (Å²) in [5.74, 6) is 0.208. The molecule has 1 heterocycles. The van der Waals surface area contributed by atoms with Gasteiger partial charge in [-0.25, -0.2) is 0 Å². The maximum Gasteiger partial charge on any atom is 0.310 e. The Kier molecular flexibility index (Phi) is 7.65. The zero-order chi connectivity index (χ0) is 22.2. The molecule has 1 unspecified atom stereocenters. The molecule has 0 saturated carbocycles. The molecule has 0 bridgehead atoms. The van der Waals surface area contributed by atoms with Crippen molar-refractivity contribution >= 4 is 17.8 Å². The molecule has 2 aromatic rings. The van der Waals surface area contributed by atoms with E-state index in [1.54, 1.807) is 43.1 Å². The molecule has 7 nitrogen and oxygen atoms in total. The lowest BCUT2D eigenvalue weighted by molar-refractivity contribution is -0.151. The van der Waals surface area contributed by atoms with Crippen LogP contribution in [-0.4, -0.2) is 60.9 Å². The van der Waals surface area contributed by atoms with E-state index in [2.05, 4.69) is 0 Å². The maximum absolute atomic E-state index is 12.9. The van der Waals surface area contributed by atoms with Gasteiger partial charge in [0, 0.05) is 25.7 Å². The molecular weight excluding hydrogens is 396 g/mol. The first-order chi connectivity index (χ1) is 15.0. The molecule has 0 N–H and O–H groups in total. The lowest BCUT2D eigenvalue weighted by Crippen LogP contribution is -2.47. The minimum atomic E-state index is -0.300. The molecule has 0 radical (unpaired) electrons. The number of carbonyl (C=O) groups is 3. The zero-order valence-electron chi connectivity index (χ0n) is 18.0. The molecule has 7 heteroatoms. The highest BCUT2D eigenvalue weighted by Gasteiger charge is 2.30. The van der Waals surface area contributed by atoms with Crippen molar-refractivity contribution in [2.24, 2.45) is 5.92 Å². The van der Waals surface area contributed by atoms with Crippen molar-refractivity contribution in [2.45, 2.75) is 19.8 Å². The number of nitrogens with zero attached hydrogens (tertiary/aromatic N) is 2. The van der Waals surface area contributed by atoms with Crippen molar-refractivity contribution in [3.63, 3.8) is 0 Å². The summed E-state index contributed by atoms with van der Waals surface area (Å²) < 4.78 is 10.9. The highest BCUT2D eigenvalue weighted by atomic mass is 16.5. The number of hydrogen-bond donors (Lipinski definition) is 0. The van der Waals surface area contributed by atoms with E-state index in [1.165, 1.54) is 4.90 Å². The van der Waals surface area contributed by atoms with E-state index >= 15 is 0 Å². The predicted molar refractivity (Wildman–Crippen MR) is 116 cm³/mol. The minimum absolute atomic E-state index is 0.0574. The molecule has 1 saturated heterocycles. The van der Waals surface area contributed by atoms with Gasteiger partial charge in [-0.05, 0) is 50.1 Å². The predicted octanol–water partition coefficient (Wildman–Crippen LogP) is 3.35. The van der Waals surface area contributed by atoms with Crippen molar-refractivity contribution < 1.29 is 23.9 Å². The molecular formula is C24H28N2O5. The van der Waals surface area contributed by atoms with Gasteiger partial charge < -0.3 is 19.3 Å². The first kappa shape index (κ1) is 22.3. The second-order valence-corrected chi connectivity index (χ2v) is 7.54. The van der Waals surface area contributed by atoms with Crippen molar-refractivity contribution in [3.8, 4) is 11.5 Å². The van der Waals surface area contributed by atoms with Gasteiger partial charge in [-0.2, -0.15) is 0 Å². The minimum Gasteiger partial charge on any atom is -0.466 e. The van der Waals surface area contributed by atoms with Crippen LogP contribution in [0, 0.1) is 5.92 Å². The van der Waals surface area contributed by atoms with Crippen LogP contribution in [-0.2, 0) is 14.3 Å². The summed E-state index contributed by atoms with van der Waals surface area (Å²) in [5, 5.41) is 0. The van der Waals surface area contributed by atoms with Gasteiger partial charge in [-0.15, -0.1) is 0 Å². The molecule has 1 fully saturated rings. The average Bonchev–Trinajstić information content (AvgIpc) is 2.79. The van der Waals surface area contributed by atoms with E-state index in [4.69, 9.17) is 9.47 Å². The van der Waals surface area contributed by atoms with Gasteiger partial charge in [0.15, 0.2) is 0 Å². The van der Waals surface area contributed by atoms with Crippen LogP contribution in [0.2, 0.25) is 0 Å². The molecule has 2 amide bonds. The third-order valence-corrected chi connectivity index (χ3v) is 5.17. The second kappa shape index (κ2) is 10.6. The van der Waals surface area contributed by atoms with E-state index in [-0.39, 0.29) is 30.2 Å². The number of hydrogen-bond acceptors (Lipinski definition) is 5. The quantitative estimate of drug-likeness (QED) is 0.637. The number of amides is 2. The molecule has 164 valence electrons. The largest absolute Gasteiger partial charge is 0.466 e. The SMILES string of the molecule is CCOC(=O)C1CCCN(C(=O)CN(C)C(=O)c2cccc(Oc3ccccc3)c2)C1. The van der Waals surface area contributed by atoms with Crippen molar-refractivity contribution in [3.05, 3.63) is 60.2 Å². The van der Waals surface area contributed by atoms with E-state index < -0.39 is 0 Å². The molecule has 0 aromatic heterocycles. The van der Waals surface area contributed by atoms with Crippen LogP contribution in [0.15, 0.2) is 54.6 Å². The molecule has 1 aliphatic rings. The zero-order valence-corrected chi connectivity index (χ0v) is 18.0. The summed E-state index contributed by atoms with van der Waals surface area (Å²) in [6.07, 6.45) is 1.46. The fourth-order valence-corrected chi connectivity index (χ4v) is 3.57. The van der Waals surface area contributed by atoms with Gasteiger partial charge in [0.25, 0.3) is 5.91 Å². The summed E-state index contributed by atoms with van der Waals surface area (Å²) in [7, 11) is 1.59. The number of piperidine rings is 1. The monoisotopic (exact) mass is 424 g/mol. The third-order valence-electron chi connectivity index (χ3n) is 5.17. The number of likely N-dealkylation sites (tertiary alicyclic amines) is 1. The average molecular weight is 424 g/mol. The molecule has 0 aliphatic carbocycles. The van der Waals surface area contributed by atoms with Crippen LogP contribution < -0.4 is 4.74 Å². The van der Waals surface area contributed by atoms with Crippen molar-refractivity contribution in [2.75, 3.05) is 33.3 Å². The molecule has 1 aliphatic heterocycles. The van der Waals surface area contributed by atoms with E-state index in [1.807, 2.05) is 30.3 Å². The van der Waals surface area contributed by atoms with Gasteiger partial charge in [-0.1, -0.05) is 24.3 Å². The highest BCUT2D eigenvalue weighted by molar-refractivity contribution is 5.96. The molecule has 0 spiro atoms. The lowest BCUT2D eigenvalue weighted by Gasteiger charge is -2.32. The Balaban J connectivity index is 1.59. The van der Waals surface area contributed by atoms with Gasteiger partial charge in [0.05, 0.1) is 19.1 Å². The summed E-state index contributed by atoms with van der Waals surface area (Å²) in [6, 6.07) is 16.2. The number of esters is 1. The van der Waals surface area contributed by atoms with Crippen molar-refractivity contribution in [1.82, 2.24) is 9.80 Å². The van der Waals surface area contributed by atoms with Gasteiger partial charge in [-0.3, -0.25) is 14.4 Å². The number of ether oxygens (including phenoxy) is 2. The number of carbonyl (C=O) groups excluding carboxylic acids is 3. The summed E-state index contributed by atoms with van der Waals surface area (Å²) in [5.41, 5.74) is 0.437. The van der Waals surface area contributed by atoms with Crippen LogP contribution in [0.3, 0.4) is 0 Å². The van der Waals surface area contributed by atoms with Crippen LogP contribution >= 0.6 is 0 Å². The van der Waals surface area contributed by atoms with E-state index in [0.717, 1.165) is 6.42 Å². The third kappa shape index (κ3) is 6.07. The molecule has 2 aromatic carbocycles. The van der Waals surface area contributed by atoms with Crippen molar-refractivity contribution in [1.29, 1.82) is 0 Å². The van der Waals surface area contributed by atoms with Crippen LogP contribution in [0.4, 0.5) is 0 Å².